The van der Waals surface area contributed by atoms with Crippen LogP contribution in [0, 0.1) is 18.2 Å². The van der Waals surface area contributed by atoms with Crippen LogP contribution in [0.1, 0.15) is 0 Å². The van der Waals surface area contributed by atoms with E-state index in [1.54, 1.807) is 0 Å². The number of H-pyrrole nitrogens is 2. The number of aromatic amines is 2. The molecule has 2 aromatic rings. The molecular formula is C6H2F4N6O3. The molecule has 0 saturated heterocycles. The maximum absolute atomic E-state index is 12.0. The third kappa shape index (κ3) is 4.14. The van der Waals surface area contributed by atoms with Crippen LogP contribution in [-0.4, -0.2) is 29.7 Å². The Morgan fingerprint density at radius 1 is 0.789 bits per heavy atom. The van der Waals surface area contributed by atoms with Crippen LogP contribution in [-0.2, 0) is 0 Å². The van der Waals surface area contributed by atoms with Crippen LogP contribution >= 0.6 is 0 Å². The highest BCUT2D eigenvalue weighted by atomic mass is 19.2. The van der Waals surface area contributed by atoms with Crippen molar-refractivity contribution in [1.82, 2.24) is 29.7 Å². The molecule has 0 atom stereocenters. The summed E-state index contributed by atoms with van der Waals surface area (Å²) in [5.74, 6) is 0. The van der Waals surface area contributed by atoms with E-state index >= 15 is 0 Å². The van der Waals surface area contributed by atoms with Crippen molar-refractivity contribution in [2.45, 2.75) is 0 Å². The van der Waals surface area contributed by atoms with Crippen molar-refractivity contribution in [3.05, 3.63) is 49.7 Å². The van der Waals surface area contributed by atoms with Gasteiger partial charge in [0.05, 0.1) is 0 Å². The standard InChI is InChI=1S/C3F3N3.C3H2FN3O3/c4-1-7-2(5)9-3(6)8-1;4-7-2(9)5-1(8)6-3(7)10/h;(H2,5,6,8,9,10). The lowest BCUT2D eigenvalue weighted by molar-refractivity contribution is 0.319. The van der Waals surface area contributed by atoms with E-state index in [4.69, 9.17) is 0 Å². The van der Waals surface area contributed by atoms with Gasteiger partial charge in [-0.1, -0.05) is 9.27 Å². The SMILES string of the molecule is Fc1nc(F)nc(F)n1.O=c1[nH]c(=O)n(F)c(=O)[nH]1. The largest absolute Gasteiger partial charge is 0.362 e. The molecular weight excluding hydrogens is 280 g/mol. The van der Waals surface area contributed by atoms with Gasteiger partial charge in [0.1, 0.15) is 0 Å². The molecule has 0 bridgehead atoms. The molecule has 0 aliphatic carbocycles. The van der Waals surface area contributed by atoms with E-state index in [0.717, 1.165) is 0 Å². The van der Waals surface area contributed by atoms with Crippen LogP contribution in [0.15, 0.2) is 14.4 Å². The molecule has 2 rings (SSSR count). The second-order valence-electron chi connectivity index (χ2n) is 2.61. The summed E-state index contributed by atoms with van der Waals surface area (Å²) in [5, 5.41) is 0. The smallest absolute Gasteiger partial charge is 0.257 e. The summed E-state index contributed by atoms with van der Waals surface area (Å²) in [5.41, 5.74) is -3.79. The van der Waals surface area contributed by atoms with Crippen LogP contribution in [0.2, 0.25) is 0 Å². The monoisotopic (exact) mass is 282 g/mol. The van der Waals surface area contributed by atoms with Gasteiger partial charge in [0.2, 0.25) is 0 Å². The minimum absolute atomic E-state index is 0.735. The number of hydrogen-bond donors (Lipinski definition) is 2. The van der Waals surface area contributed by atoms with Gasteiger partial charge in [-0.2, -0.15) is 28.1 Å². The average Bonchev–Trinajstić information content (AvgIpc) is 2.24. The second kappa shape index (κ2) is 5.65. The number of rotatable bonds is 0. The van der Waals surface area contributed by atoms with E-state index in [2.05, 4.69) is 15.0 Å². The molecule has 0 amide bonds. The van der Waals surface area contributed by atoms with Gasteiger partial charge in [-0.05, 0) is 0 Å². The summed E-state index contributed by atoms with van der Waals surface area (Å²) in [6.07, 6.45) is -4.38. The molecule has 13 heteroatoms. The summed E-state index contributed by atoms with van der Waals surface area (Å²) in [6.45, 7) is 0. The van der Waals surface area contributed by atoms with Crippen molar-refractivity contribution < 1.29 is 17.7 Å². The minimum atomic E-state index is -1.46. The van der Waals surface area contributed by atoms with Crippen LogP contribution in [0.5, 0.6) is 0 Å². The van der Waals surface area contributed by atoms with Crippen molar-refractivity contribution in [2.24, 2.45) is 0 Å². The number of aromatic nitrogens is 6. The zero-order chi connectivity index (χ0) is 14.6. The van der Waals surface area contributed by atoms with E-state index < -0.39 is 40.1 Å². The zero-order valence-electron chi connectivity index (χ0n) is 8.53. The van der Waals surface area contributed by atoms with Gasteiger partial charge in [-0.15, -0.1) is 0 Å². The summed E-state index contributed by atoms with van der Waals surface area (Å²) >= 11 is 0. The fraction of sp³-hybridized carbons (Fsp3) is 0. The molecule has 19 heavy (non-hydrogen) atoms. The molecule has 102 valence electrons. The van der Waals surface area contributed by atoms with Crippen molar-refractivity contribution in [1.29, 1.82) is 0 Å². The first kappa shape index (κ1) is 14.2. The molecule has 0 fully saturated rings. The molecule has 0 radical (unpaired) electrons. The predicted molar refractivity (Wildman–Crippen MR) is 48.2 cm³/mol. The van der Waals surface area contributed by atoms with Crippen molar-refractivity contribution in [3.63, 3.8) is 0 Å². The molecule has 9 nitrogen and oxygen atoms in total. The highest BCUT2D eigenvalue weighted by molar-refractivity contribution is 4.64. The molecule has 0 aliphatic rings. The molecule has 0 aliphatic heterocycles. The first-order valence-electron chi connectivity index (χ1n) is 4.14. The Labute approximate surface area is 98.1 Å². The lowest BCUT2D eigenvalue weighted by Gasteiger charge is -1.85. The van der Waals surface area contributed by atoms with Gasteiger partial charge in [0, 0.05) is 0 Å². The first-order valence-corrected chi connectivity index (χ1v) is 4.14. The summed E-state index contributed by atoms with van der Waals surface area (Å²) in [7, 11) is 0. The molecule has 2 aromatic heterocycles. The van der Waals surface area contributed by atoms with Crippen LogP contribution < -0.4 is 17.1 Å². The number of hydrogen-bond acceptors (Lipinski definition) is 6. The zero-order valence-corrected chi connectivity index (χ0v) is 8.53. The van der Waals surface area contributed by atoms with Crippen LogP contribution in [0.3, 0.4) is 0 Å². The fourth-order valence-electron chi connectivity index (χ4n) is 0.719. The Morgan fingerprint density at radius 3 is 1.42 bits per heavy atom. The van der Waals surface area contributed by atoms with Gasteiger partial charge in [0.25, 0.3) is 0 Å². The quantitative estimate of drug-likeness (QED) is 0.551. The lowest BCUT2D eigenvalue weighted by atomic mass is 11.0. The Bertz CT molecular complexity index is 667. The molecule has 0 saturated carbocycles. The van der Waals surface area contributed by atoms with Gasteiger partial charge in [-0.3, -0.25) is 9.97 Å². The lowest BCUT2D eigenvalue weighted by Crippen LogP contribution is -2.39. The number of halogens is 4. The molecule has 0 aromatic carbocycles. The van der Waals surface area contributed by atoms with Gasteiger partial charge >= 0.3 is 35.3 Å². The summed E-state index contributed by atoms with van der Waals surface area (Å²) in [6, 6.07) is 0. The molecule has 2 heterocycles. The number of nitrogens with one attached hydrogen (secondary N) is 2. The van der Waals surface area contributed by atoms with E-state index in [9.17, 15) is 32.0 Å². The second-order valence-corrected chi connectivity index (χ2v) is 2.61. The van der Waals surface area contributed by atoms with Crippen molar-refractivity contribution >= 4 is 0 Å². The van der Waals surface area contributed by atoms with E-state index in [1.807, 2.05) is 0 Å². The summed E-state index contributed by atoms with van der Waals surface area (Å²) in [4.78, 5) is 40.1. The normalized spacial score (nSPS) is 9.68. The first-order chi connectivity index (χ1) is 8.79. The summed E-state index contributed by atoms with van der Waals surface area (Å²) < 4.78 is 47.1. The Morgan fingerprint density at radius 2 is 1.11 bits per heavy atom. The Hall–Kier alpha value is -2.86. The van der Waals surface area contributed by atoms with E-state index in [-0.39, 0.29) is 0 Å². The third-order valence-corrected chi connectivity index (χ3v) is 1.35. The van der Waals surface area contributed by atoms with Gasteiger partial charge < -0.3 is 0 Å². The predicted octanol–water partition coefficient (Wildman–Crippen LogP) is -1.75. The van der Waals surface area contributed by atoms with Gasteiger partial charge in [-0.25, -0.2) is 14.4 Å². The Kier molecular flexibility index (Phi) is 4.23. The van der Waals surface area contributed by atoms with Crippen LogP contribution in [0.25, 0.3) is 0 Å². The molecule has 0 spiro atoms. The maximum Gasteiger partial charge on any atom is 0.362 e. The van der Waals surface area contributed by atoms with E-state index in [0.29, 0.717) is 0 Å². The molecule has 0 unspecified atom stereocenters. The van der Waals surface area contributed by atoms with Crippen molar-refractivity contribution in [2.75, 3.05) is 0 Å². The third-order valence-electron chi connectivity index (χ3n) is 1.35. The minimum Gasteiger partial charge on any atom is -0.257 e. The maximum atomic E-state index is 12.0. The van der Waals surface area contributed by atoms with Crippen LogP contribution in [0.4, 0.5) is 17.7 Å². The fourth-order valence-corrected chi connectivity index (χ4v) is 0.719. The van der Waals surface area contributed by atoms with Gasteiger partial charge in [0.15, 0.2) is 0 Å². The number of nitrogens with zero attached hydrogens (tertiary/aromatic N) is 4. The highest BCUT2D eigenvalue weighted by Gasteiger charge is 2.02. The topological polar surface area (TPSA) is 126 Å². The van der Waals surface area contributed by atoms with E-state index in [1.165, 1.54) is 9.97 Å². The van der Waals surface area contributed by atoms with Crippen molar-refractivity contribution in [3.8, 4) is 0 Å². The molecule has 2 N–H and O–H groups in total. The average molecular weight is 282 g/mol. The Balaban J connectivity index is 0.000000191. The highest BCUT2D eigenvalue weighted by Crippen LogP contribution is 1.89.